The first-order chi connectivity index (χ1) is 37.2. The van der Waals surface area contributed by atoms with Gasteiger partial charge in [-0.1, -0.05) is 63.6 Å². The fourth-order valence-electron chi connectivity index (χ4n) is 10.4. The largest absolute Gasteiger partial charge is 0.488 e. The van der Waals surface area contributed by atoms with Crippen LogP contribution in [0.4, 0.5) is 9.18 Å². The third-order valence-corrected chi connectivity index (χ3v) is 15.6. The molecule has 6 rings (SSSR count). The highest BCUT2D eigenvalue weighted by Crippen LogP contribution is 2.32. The van der Waals surface area contributed by atoms with Crippen molar-refractivity contribution in [1.82, 2.24) is 41.0 Å². The molecule has 3 aliphatic rings. The van der Waals surface area contributed by atoms with Crippen LogP contribution in [0.25, 0.3) is 10.4 Å². The Morgan fingerprint density at radius 2 is 1.61 bits per heavy atom. The van der Waals surface area contributed by atoms with Gasteiger partial charge in [-0.3, -0.25) is 33.6 Å². The second-order valence-electron chi connectivity index (χ2n) is 23.1. The number of hydrogen-bond acceptors (Lipinski definition) is 13. The Bertz CT molecular complexity index is 2670. The van der Waals surface area contributed by atoms with Crippen LogP contribution in [0, 0.1) is 18.2 Å². The van der Waals surface area contributed by atoms with Crippen LogP contribution in [0.1, 0.15) is 142 Å². The fourth-order valence-corrected chi connectivity index (χ4v) is 11.2. The van der Waals surface area contributed by atoms with Crippen LogP contribution in [0.3, 0.4) is 0 Å². The van der Waals surface area contributed by atoms with Crippen LogP contribution in [0.5, 0.6) is 5.75 Å². The predicted octanol–water partition coefficient (Wildman–Crippen LogP) is 5.36. The Labute approximate surface area is 466 Å². The Morgan fingerprint density at radius 3 is 2.25 bits per heavy atom. The zero-order chi connectivity index (χ0) is 57.9. The summed E-state index contributed by atoms with van der Waals surface area (Å²) >= 11 is 1.55. The lowest BCUT2D eigenvalue weighted by Crippen LogP contribution is -2.61. The van der Waals surface area contributed by atoms with E-state index in [0.29, 0.717) is 57.1 Å². The first kappa shape index (κ1) is 61.5. The highest BCUT2D eigenvalue weighted by molar-refractivity contribution is 7.13. The number of aromatic nitrogens is 1. The maximum Gasteiger partial charge on any atom is 0.408 e. The van der Waals surface area contributed by atoms with Gasteiger partial charge in [-0.15, -0.1) is 11.3 Å². The van der Waals surface area contributed by atoms with Gasteiger partial charge in [0.1, 0.15) is 36.4 Å². The second-order valence-corrected chi connectivity index (χ2v) is 24.0. The number of alkyl carbamates (subject to hydrolysis) is 1. The molecular weight excluding hydrogens is 1040 g/mol. The number of ether oxygens (including phenoxy) is 2. The van der Waals surface area contributed by atoms with Gasteiger partial charge in [0.05, 0.1) is 40.8 Å². The zero-order valence-corrected chi connectivity index (χ0v) is 47.8. The number of β-amino-alcohol motifs (C(OH)–C–C–N with tert-alkyl or cyclic N) is 1. The number of likely N-dealkylation sites (tertiary alicyclic amines) is 1. The van der Waals surface area contributed by atoms with E-state index in [1.165, 1.54) is 27.7 Å². The summed E-state index contributed by atoms with van der Waals surface area (Å²) < 4.78 is 27.4. The van der Waals surface area contributed by atoms with Crippen LogP contribution >= 0.6 is 11.3 Å². The molecule has 0 unspecified atom stereocenters. The Morgan fingerprint density at radius 1 is 0.899 bits per heavy atom. The molecule has 22 heteroatoms. The third-order valence-electron chi connectivity index (χ3n) is 14.6. The normalized spacial score (nSPS) is 20.7. The van der Waals surface area contributed by atoms with E-state index in [9.17, 15) is 43.5 Å². The lowest BCUT2D eigenvalue weighted by atomic mass is 9.85. The van der Waals surface area contributed by atoms with E-state index in [4.69, 9.17) is 15.2 Å². The second kappa shape index (κ2) is 27.0. The molecule has 0 aliphatic carbocycles. The number of aliphatic hydroxyl groups is 1. The van der Waals surface area contributed by atoms with Crippen LogP contribution in [0.15, 0.2) is 48.0 Å². The lowest BCUT2D eigenvalue weighted by molar-refractivity contribution is -0.145. The summed E-state index contributed by atoms with van der Waals surface area (Å²) in [5.74, 6) is -3.87. The number of halogens is 1. The number of fused-ring (bicyclic) bond motifs is 1. The Kier molecular flexibility index (Phi) is 21.0. The molecule has 3 aliphatic heterocycles. The van der Waals surface area contributed by atoms with Crippen molar-refractivity contribution in [2.75, 3.05) is 26.2 Å². The number of benzene rings is 2. The lowest BCUT2D eigenvalue weighted by Gasteiger charge is -2.38. The molecule has 79 heavy (non-hydrogen) atoms. The Hall–Kier alpha value is -6.68. The maximum absolute atomic E-state index is 16.0. The number of aryl methyl sites for hydroxylation is 2. The number of hydrogen-bond donors (Lipinski definition) is 6. The van der Waals surface area contributed by atoms with Crippen LogP contribution in [-0.4, -0.2) is 146 Å². The quantitative estimate of drug-likeness (QED) is 0.0736. The molecule has 3 saturated heterocycles. The van der Waals surface area contributed by atoms with Crippen LogP contribution in [0.2, 0.25) is 0 Å². The number of nitrogens with one attached hydrogen (secondary N) is 4. The van der Waals surface area contributed by atoms with E-state index in [-0.39, 0.29) is 69.0 Å². The smallest absolute Gasteiger partial charge is 0.408 e. The molecule has 2 aromatic carbocycles. The molecule has 1 aromatic heterocycles. The van der Waals surface area contributed by atoms with Crippen molar-refractivity contribution in [3.05, 3.63) is 70.6 Å². The third kappa shape index (κ3) is 16.9. The number of aliphatic hydroxyl groups excluding tert-OH is 1. The van der Waals surface area contributed by atoms with Crippen molar-refractivity contribution < 1.29 is 57.3 Å². The van der Waals surface area contributed by atoms with E-state index in [1.807, 2.05) is 58.9 Å². The molecule has 8 atom stereocenters. The van der Waals surface area contributed by atoms with Gasteiger partial charge >= 0.3 is 6.09 Å². The van der Waals surface area contributed by atoms with Crippen molar-refractivity contribution in [3.8, 4) is 16.2 Å². The molecule has 7 N–H and O–H groups in total. The number of rotatable bonds is 21. The van der Waals surface area contributed by atoms with Crippen molar-refractivity contribution in [3.63, 3.8) is 0 Å². The topological polar surface area (TPSA) is 272 Å². The van der Waals surface area contributed by atoms with Crippen molar-refractivity contribution in [1.29, 1.82) is 0 Å². The summed E-state index contributed by atoms with van der Waals surface area (Å²) in [4.78, 5) is 117. The molecule has 0 radical (unpaired) electrons. The van der Waals surface area contributed by atoms with Gasteiger partial charge in [-0.2, -0.15) is 0 Å². The SMILES string of the molecule is CC(=O)N1CC[C@H]2CC[C@@H](C(=O)N[C@@H](CCC(N)=O)COc3cccc(CCCCCC(=O)N[C@H](C(=O)N4C[C@H](O)C[C@H]4C(=O)N[C@@H](C)c4ccc(-c5scnc5C)cc4)C(C)(C)C)c3F)N2C(=O)[C@@H](NC(=O)OC(C)(C)C)C1. The minimum Gasteiger partial charge on any atom is -0.488 e. The van der Waals surface area contributed by atoms with Gasteiger partial charge in [-0.25, -0.2) is 14.2 Å². The molecule has 20 nitrogen and oxygen atoms in total. The number of primary amides is 1. The standard InChI is InChI=1S/C57H80FN9O11S/c1-33(36-18-20-38(21-19-36)49-34(2)60-32-79-49)61-52(73)44-28-41(69)29-66(44)54(75)50(56(4,5)6)64-47(71)17-12-10-11-14-37-15-13-16-45(48(37)58)77-31-39(22-25-46(59)70)62-51(72)43-24-23-40-26-27-65(35(3)68)30-42(53(74)67(40)43)63-55(76)78-57(7,8)9/h13,15-16,18-21,32-33,39-44,50,69H,10-12,14,17,22-31H2,1-9H3,(H2,59,70)(H,61,73)(H,62,72)(H,63,76)(H,64,71)/t33-,39-,40+,41+,42-,43-,44-,50+/m0/s1. The minimum atomic E-state index is -1.19. The summed E-state index contributed by atoms with van der Waals surface area (Å²) in [6.07, 6.45) is 1.30. The molecule has 8 amide bonds. The summed E-state index contributed by atoms with van der Waals surface area (Å²) in [7, 11) is 0. The first-order valence-corrected chi connectivity index (χ1v) is 28.2. The van der Waals surface area contributed by atoms with Crippen LogP contribution in [-0.2, 0) is 44.7 Å². The van der Waals surface area contributed by atoms with Crippen LogP contribution < -0.4 is 31.7 Å². The summed E-state index contributed by atoms with van der Waals surface area (Å²) in [6, 6.07) is 6.88. The molecule has 432 valence electrons. The predicted molar refractivity (Wildman–Crippen MR) is 294 cm³/mol. The molecule has 3 fully saturated rings. The minimum absolute atomic E-state index is 0.0552. The molecular formula is C57H80FN9O11S. The Balaban J connectivity index is 0.998. The van der Waals surface area contributed by atoms with E-state index >= 15 is 4.39 Å². The molecule has 4 heterocycles. The summed E-state index contributed by atoms with van der Waals surface area (Å²) in [5, 5.41) is 22.1. The number of amides is 8. The number of nitrogens with two attached hydrogens (primary N) is 1. The van der Waals surface area contributed by atoms with Gasteiger partial charge in [0.15, 0.2) is 11.6 Å². The summed E-state index contributed by atoms with van der Waals surface area (Å²) in [5.41, 5.74) is 8.88. The monoisotopic (exact) mass is 1120 g/mol. The van der Waals surface area contributed by atoms with E-state index < -0.39 is 94.8 Å². The van der Waals surface area contributed by atoms with Crippen molar-refractivity contribution in [2.24, 2.45) is 11.1 Å². The van der Waals surface area contributed by atoms with Gasteiger partial charge in [0.25, 0.3) is 0 Å². The van der Waals surface area contributed by atoms with Gasteiger partial charge < -0.3 is 56.3 Å². The average molecular weight is 1120 g/mol. The molecule has 0 saturated carbocycles. The van der Waals surface area contributed by atoms with Crippen molar-refractivity contribution in [2.45, 2.75) is 187 Å². The van der Waals surface area contributed by atoms with Gasteiger partial charge in [0.2, 0.25) is 41.4 Å². The number of carbonyl (C=O) groups is 8. The fraction of sp³-hybridized carbons (Fsp3) is 0.596. The number of unbranched alkanes of at least 4 members (excludes halogenated alkanes) is 2. The highest BCUT2D eigenvalue weighted by Gasteiger charge is 2.47. The number of thiazole rings is 1. The highest BCUT2D eigenvalue weighted by atomic mass is 32.1. The summed E-state index contributed by atoms with van der Waals surface area (Å²) in [6.45, 7) is 15.6. The van der Waals surface area contributed by atoms with E-state index in [1.54, 1.807) is 49.8 Å². The van der Waals surface area contributed by atoms with Gasteiger partial charge in [0, 0.05) is 45.3 Å². The van der Waals surface area contributed by atoms with E-state index in [2.05, 4.69) is 26.3 Å². The maximum atomic E-state index is 16.0. The zero-order valence-electron chi connectivity index (χ0n) is 47.0. The number of nitrogens with zero attached hydrogens (tertiary/aromatic N) is 4. The van der Waals surface area contributed by atoms with E-state index in [0.717, 1.165) is 21.7 Å². The molecule has 3 aromatic rings. The molecule has 0 bridgehead atoms. The van der Waals surface area contributed by atoms with Gasteiger partial charge in [-0.05, 0) is 108 Å². The first-order valence-electron chi connectivity index (χ1n) is 27.4. The average Bonchev–Trinajstić information content (AvgIpc) is 4.26. The molecule has 0 spiro atoms. The van der Waals surface area contributed by atoms with Crippen molar-refractivity contribution >= 4 is 58.8 Å². The number of carbonyl (C=O) groups excluding carboxylic acids is 8.